The topological polar surface area (TPSA) is 190 Å². The van der Waals surface area contributed by atoms with Crippen LogP contribution in [0, 0.1) is 5.82 Å². The molecule has 0 aliphatic rings. The molecule has 0 unspecified atom stereocenters. The van der Waals surface area contributed by atoms with Crippen molar-refractivity contribution in [2.24, 2.45) is 5.73 Å². The molecule has 13 heteroatoms. The van der Waals surface area contributed by atoms with Gasteiger partial charge in [0.2, 0.25) is 11.8 Å². The Kier molecular flexibility index (Phi) is 14.7. The predicted octanol–water partition coefficient (Wildman–Crippen LogP) is 3.99. The van der Waals surface area contributed by atoms with Gasteiger partial charge in [-0.2, -0.15) is 0 Å². The normalized spacial score (nSPS) is 13.0. The molecule has 57 heavy (non-hydrogen) atoms. The van der Waals surface area contributed by atoms with Gasteiger partial charge in [0.05, 0.1) is 12.1 Å². The third-order valence-corrected chi connectivity index (χ3v) is 9.23. The van der Waals surface area contributed by atoms with Crippen LogP contribution in [0.15, 0.2) is 128 Å². The van der Waals surface area contributed by atoms with E-state index in [0.29, 0.717) is 17.7 Å². The highest BCUT2D eigenvalue weighted by atomic mass is 19.1. The zero-order chi connectivity index (χ0) is 40.7. The fourth-order valence-electron chi connectivity index (χ4n) is 6.05. The van der Waals surface area contributed by atoms with Gasteiger partial charge in [0.25, 0.3) is 5.91 Å². The molecular formula is C44H44FN5O7. The summed E-state index contributed by atoms with van der Waals surface area (Å²) in [6.45, 7) is 1.02. The number of nitrogens with two attached hydrogens (primary N) is 1. The molecule has 1 aromatic heterocycles. The molecule has 0 radical (unpaired) electrons. The molecule has 0 aliphatic carbocycles. The zero-order valence-electron chi connectivity index (χ0n) is 31.3. The Morgan fingerprint density at radius 2 is 1.21 bits per heavy atom. The van der Waals surface area contributed by atoms with Crippen LogP contribution in [0.3, 0.4) is 0 Å². The highest BCUT2D eigenvalue weighted by molar-refractivity contribution is 5.92. The maximum absolute atomic E-state index is 14.7. The Labute approximate surface area is 329 Å². The summed E-state index contributed by atoms with van der Waals surface area (Å²) < 4.78 is 20.3. The van der Waals surface area contributed by atoms with E-state index in [2.05, 4.69) is 20.9 Å². The van der Waals surface area contributed by atoms with E-state index in [1.807, 2.05) is 54.6 Å². The first-order valence-electron chi connectivity index (χ1n) is 18.3. The number of nitrogens with one attached hydrogen (secondary N) is 3. The number of benzene rings is 4. The Hall–Kier alpha value is -6.73. The number of hydrogen-bond donors (Lipinski definition) is 5. The van der Waals surface area contributed by atoms with Crippen molar-refractivity contribution in [3.63, 3.8) is 0 Å². The number of carbonyl (C=O) groups is 5. The van der Waals surface area contributed by atoms with E-state index >= 15 is 0 Å². The standard InChI is InChI=1S/C44H44FN5O7/c1-28(51)38(24-31-19-21-47-22-20-31)48-41(52)27-57-35-17-13-30(14-18-35)25-40(44(55)56)50-43(54)39(26-34-9-5-6-10-36(34)45)49-42(53)37(46)23-29-11-15-33(16-12-29)32-7-3-2-4-8-32/h2-22,37-40H,23-27,46H2,1H3,(H,48,52)(H,49,53)(H,50,54)(H,55,56)/t37-,38+,39+,40+/m1/s1. The summed E-state index contributed by atoms with van der Waals surface area (Å²) in [4.78, 5) is 68.0. The fourth-order valence-corrected chi connectivity index (χ4v) is 6.05. The van der Waals surface area contributed by atoms with Crippen molar-refractivity contribution in [2.45, 2.75) is 56.8 Å². The lowest BCUT2D eigenvalue weighted by atomic mass is 9.99. The molecular weight excluding hydrogens is 730 g/mol. The maximum Gasteiger partial charge on any atom is 0.326 e. The van der Waals surface area contributed by atoms with Gasteiger partial charge in [0, 0.05) is 25.2 Å². The second-order valence-corrected chi connectivity index (χ2v) is 13.6. The molecule has 0 spiro atoms. The molecule has 0 bridgehead atoms. The molecule has 4 aromatic carbocycles. The van der Waals surface area contributed by atoms with Gasteiger partial charge in [-0.05, 0) is 83.5 Å². The average molecular weight is 774 g/mol. The van der Waals surface area contributed by atoms with Gasteiger partial charge in [0.15, 0.2) is 12.4 Å². The van der Waals surface area contributed by atoms with Crippen molar-refractivity contribution in [1.82, 2.24) is 20.9 Å². The van der Waals surface area contributed by atoms with Gasteiger partial charge >= 0.3 is 5.97 Å². The minimum absolute atomic E-state index is 0.143. The highest BCUT2D eigenvalue weighted by Gasteiger charge is 2.29. The number of carboxylic acid groups (broad SMARTS) is 1. The van der Waals surface area contributed by atoms with E-state index in [1.54, 1.807) is 54.9 Å². The zero-order valence-corrected chi connectivity index (χ0v) is 31.3. The third-order valence-electron chi connectivity index (χ3n) is 9.23. The molecule has 5 rings (SSSR count). The molecule has 6 N–H and O–H groups in total. The summed E-state index contributed by atoms with van der Waals surface area (Å²) in [6, 6.07) is 28.3. The van der Waals surface area contributed by atoms with Crippen molar-refractivity contribution in [3.8, 4) is 16.9 Å². The number of ether oxygens (including phenoxy) is 1. The third kappa shape index (κ3) is 12.7. The summed E-state index contributed by atoms with van der Waals surface area (Å²) in [7, 11) is 0. The largest absolute Gasteiger partial charge is 0.484 e. The first-order valence-corrected chi connectivity index (χ1v) is 18.3. The predicted molar refractivity (Wildman–Crippen MR) is 211 cm³/mol. The second kappa shape index (κ2) is 20.3. The lowest BCUT2D eigenvalue weighted by Gasteiger charge is -2.23. The number of nitrogens with zero attached hydrogens (tertiary/aromatic N) is 1. The van der Waals surface area contributed by atoms with Crippen LogP contribution in [0.1, 0.15) is 29.2 Å². The van der Waals surface area contributed by atoms with Gasteiger partial charge in [-0.1, -0.05) is 84.9 Å². The van der Waals surface area contributed by atoms with E-state index in [9.17, 15) is 33.5 Å². The van der Waals surface area contributed by atoms with Crippen molar-refractivity contribution in [1.29, 1.82) is 0 Å². The van der Waals surface area contributed by atoms with Gasteiger partial charge in [-0.15, -0.1) is 0 Å². The highest BCUT2D eigenvalue weighted by Crippen LogP contribution is 2.20. The SMILES string of the molecule is CC(=O)[C@H](Cc1ccncc1)NC(=O)COc1ccc(C[C@H](NC(=O)[C@H](Cc2ccccc2F)NC(=O)[C@H](N)Cc2ccc(-c3ccccc3)cc2)C(=O)O)cc1. The number of hydrogen-bond acceptors (Lipinski definition) is 8. The molecule has 3 amide bonds. The number of pyridine rings is 1. The number of halogens is 1. The van der Waals surface area contributed by atoms with Crippen molar-refractivity contribution in [3.05, 3.63) is 156 Å². The minimum Gasteiger partial charge on any atom is -0.484 e. The van der Waals surface area contributed by atoms with E-state index in [4.69, 9.17) is 10.5 Å². The smallest absolute Gasteiger partial charge is 0.326 e. The summed E-state index contributed by atoms with van der Waals surface area (Å²) in [5.41, 5.74) is 10.6. The lowest BCUT2D eigenvalue weighted by Crippen LogP contribution is -2.56. The van der Waals surface area contributed by atoms with Gasteiger partial charge < -0.3 is 31.5 Å². The number of Topliss-reactive ketones (excluding diaryl/α,β-unsaturated/α-hetero) is 1. The summed E-state index contributed by atoms with van der Waals surface area (Å²) in [5, 5.41) is 17.8. The average Bonchev–Trinajstić information content (AvgIpc) is 3.21. The van der Waals surface area contributed by atoms with Gasteiger partial charge in [0.1, 0.15) is 23.7 Å². The van der Waals surface area contributed by atoms with Gasteiger partial charge in [-0.25, -0.2) is 9.18 Å². The molecule has 1 heterocycles. The van der Waals surface area contributed by atoms with Crippen LogP contribution in [0.25, 0.3) is 11.1 Å². The number of aromatic nitrogens is 1. The van der Waals surface area contributed by atoms with E-state index in [0.717, 1.165) is 22.3 Å². The fraction of sp³-hybridized carbons (Fsp3) is 0.227. The Balaban J connectivity index is 1.18. The van der Waals surface area contributed by atoms with Crippen molar-refractivity contribution >= 4 is 29.5 Å². The molecule has 4 atom stereocenters. The molecule has 0 fully saturated rings. The number of carboxylic acids is 1. The van der Waals surface area contributed by atoms with Gasteiger partial charge in [-0.3, -0.25) is 24.2 Å². The van der Waals surface area contributed by atoms with Crippen LogP contribution in [0.4, 0.5) is 4.39 Å². The summed E-state index contributed by atoms with van der Waals surface area (Å²) in [5.74, 6) is -3.83. The molecule has 294 valence electrons. The first-order chi connectivity index (χ1) is 27.4. The number of aliphatic carboxylic acids is 1. The molecule has 5 aromatic rings. The van der Waals surface area contributed by atoms with Crippen LogP contribution in [0.2, 0.25) is 0 Å². The van der Waals surface area contributed by atoms with E-state index in [-0.39, 0.29) is 37.2 Å². The number of carbonyl (C=O) groups excluding carboxylic acids is 4. The second-order valence-electron chi connectivity index (χ2n) is 13.6. The molecule has 0 aliphatic heterocycles. The number of ketones is 1. The molecule has 0 saturated heterocycles. The quantitative estimate of drug-likeness (QED) is 0.0827. The number of rotatable bonds is 19. The molecule has 0 saturated carbocycles. The Morgan fingerprint density at radius 3 is 1.86 bits per heavy atom. The van der Waals surface area contributed by atoms with Crippen LogP contribution in [-0.2, 0) is 49.7 Å². The van der Waals surface area contributed by atoms with Crippen molar-refractivity contribution < 1.29 is 38.2 Å². The van der Waals surface area contributed by atoms with E-state index in [1.165, 1.54) is 25.1 Å². The Bertz CT molecular complexity index is 2130. The van der Waals surface area contributed by atoms with Crippen LogP contribution >= 0.6 is 0 Å². The summed E-state index contributed by atoms with van der Waals surface area (Å²) >= 11 is 0. The first kappa shape index (κ1) is 41.4. The van der Waals surface area contributed by atoms with Crippen LogP contribution in [-0.4, -0.2) is 70.3 Å². The Morgan fingerprint density at radius 1 is 0.649 bits per heavy atom. The van der Waals surface area contributed by atoms with Crippen LogP contribution in [0.5, 0.6) is 5.75 Å². The van der Waals surface area contributed by atoms with Crippen LogP contribution < -0.4 is 26.4 Å². The number of amides is 3. The van der Waals surface area contributed by atoms with Crippen molar-refractivity contribution in [2.75, 3.05) is 6.61 Å². The monoisotopic (exact) mass is 773 g/mol. The lowest BCUT2D eigenvalue weighted by molar-refractivity contribution is -0.142. The summed E-state index contributed by atoms with van der Waals surface area (Å²) in [6.07, 6.45) is 3.26. The molecule has 12 nitrogen and oxygen atoms in total. The maximum atomic E-state index is 14.7. The van der Waals surface area contributed by atoms with E-state index < -0.39 is 53.7 Å². The minimum atomic E-state index is -1.42.